The summed E-state index contributed by atoms with van der Waals surface area (Å²) in [6, 6.07) is 13.4. The Morgan fingerprint density at radius 3 is 2.04 bits per heavy atom. The fourth-order valence-electron chi connectivity index (χ4n) is 2.59. The number of benzene rings is 2. The van der Waals surface area contributed by atoms with E-state index < -0.39 is 0 Å². The highest BCUT2D eigenvalue weighted by Gasteiger charge is 2.27. The molecular formula is C21H27O2. The first-order valence-electron chi connectivity index (χ1n) is 8.24. The molecule has 0 aliphatic carbocycles. The smallest absolute Gasteiger partial charge is 0.186 e. The summed E-state index contributed by atoms with van der Waals surface area (Å²) < 4.78 is 6.05. The molecule has 0 spiro atoms. The Morgan fingerprint density at radius 2 is 1.52 bits per heavy atom. The van der Waals surface area contributed by atoms with Crippen LogP contribution in [0.5, 0.6) is 17.2 Å². The lowest BCUT2D eigenvalue weighted by Crippen LogP contribution is -2.16. The van der Waals surface area contributed by atoms with E-state index in [-0.39, 0.29) is 16.6 Å². The Bertz CT molecular complexity index is 661. The molecule has 0 aliphatic rings. The zero-order valence-electron chi connectivity index (χ0n) is 15.1. The summed E-state index contributed by atoms with van der Waals surface area (Å²) in [7, 11) is 0. The summed E-state index contributed by atoms with van der Waals surface area (Å²) in [4.78, 5) is 0. The van der Waals surface area contributed by atoms with Crippen LogP contribution >= 0.6 is 0 Å². The van der Waals surface area contributed by atoms with Crippen LogP contribution in [0, 0.1) is 0 Å². The van der Waals surface area contributed by atoms with Gasteiger partial charge in [0.05, 0.1) is 0 Å². The zero-order chi connectivity index (χ0) is 17.3. The van der Waals surface area contributed by atoms with Gasteiger partial charge >= 0.3 is 0 Å². The molecule has 0 atom stereocenters. The molecule has 23 heavy (non-hydrogen) atoms. The normalized spacial score (nSPS) is 12.3. The van der Waals surface area contributed by atoms with Crippen LogP contribution in [0.4, 0.5) is 0 Å². The zero-order valence-corrected chi connectivity index (χ0v) is 15.1. The Morgan fingerprint density at radius 1 is 0.913 bits per heavy atom. The first-order valence-corrected chi connectivity index (χ1v) is 8.24. The lowest BCUT2D eigenvalue weighted by atomic mass is 9.81. The fraction of sp³-hybridized carbons (Fsp3) is 0.429. The molecule has 2 rings (SSSR count). The Labute approximate surface area is 140 Å². The number of rotatable bonds is 4. The van der Waals surface area contributed by atoms with Gasteiger partial charge in [0, 0.05) is 5.56 Å². The van der Waals surface area contributed by atoms with Gasteiger partial charge in [-0.1, -0.05) is 59.7 Å². The van der Waals surface area contributed by atoms with Crippen LogP contribution in [0.1, 0.15) is 59.1 Å². The Kier molecular flexibility index (Phi) is 4.74. The third-order valence-electron chi connectivity index (χ3n) is 4.50. The largest absolute Gasteiger partial charge is 0.457 e. The highest BCUT2D eigenvalue weighted by Crippen LogP contribution is 2.42. The highest BCUT2D eigenvalue weighted by atomic mass is 16.5. The van der Waals surface area contributed by atoms with E-state index in [1.54, 1.807) is 12.1 Å². The first-order chi connectivity index (χ1) is 10.6. The highest BCUT2D eigenvalue weighted by molar-refractivity contribution is 5.50. The molecule has 0 saturated carbocycles. The van der Waals surface area contributed by atoms with Gasteiger partial charge in [-0.3, -0.25) is 5.11 Å². The van der Waals surface area contributed by atoms with Crippen molar-refractivity contribution in [1.82, 2.24) is 0 Å². The van der Waals surface area contributed by atoms with Gasteiger partial charge in [-0.05, 0) is 47.1 Å². The van der Waals surface area contributed by atoms with Crippen molar-refractivity contribution in [1.29, 1.82) is 0 Å². The van der Waals surface area contributed by atoms with E-state index in [0.717, 1.165) is 17.7 Å². The molecule has 0 heterocycles. The summed E-state index contributed by atoms with van der Waals surface area (Å²) >= 11 is 0. The van der Waals surface area contributed by atoms with Crippen LogP contribution in [0.15, 0.2) is 42.5 Å². The van der Waals surface area contributed by atoms with E-state index in [9.17, 15) is 5.11 Å². The van der Waals surface area contributed by atoms with Gasteiger partial charge in [0.1, 0.15) is 11.5 Å². The molecule has 2 heteroatoms. The molecule has 0 fully saturated rings. The average molecular weight is 311 g/mol. The number of hydrogen-bond acceptors (Lipinski definition) is 1. The van der Waals surface area contributed by atoms with Gasteiger partial charge in [0.25, 0.3) is 0 Å². The van der Waals surface area contributed by atoms with Crippen molar-refractivity contribution < 1.29 is 9.84 Å². The lowest BCUT2D eigenvalue weighted by molar-refractivity contribution is 0.328. The fourth-order valence-corrected chi connectivity index (χ4v) is 2.59. The minimum Gasteiger partial charge on any atom is -0.457 e. The van der Waals surface area contributed by atoms with E-state index in [4.69, 9.17) is 4.74 Å². The van der Waals surface area contributed by atoms with Crippen molar-refractivity contribution in [2.24, 2.45) is 0 Å². The maximum Gasteiger partial charge on any atom is 0.186 e. The maximum absolute atomic E-state index is 12.3. The summed E-state index contributed by atoms with van der Waals surface area (Å²) in [6.07, 6.45) is 0.881. The second-order valence-corrected chi connectivity index (χ2v) is 7.74. The summed E-state index contributed by atoms with van der Waals surface area (Å²) in [5.74, 6) is 1.46. The molecule has 0 bridgehead atoms. The molecule has 0 aromatic heterocycles. The van der Waals surface area contributed by atoms with Crippen molar-refractivity contribution in [3.63, 3.8) is 0 Å². The van der Waals surface area contributed by atoms with E-state index in [1.165, 1.54) is 5.56 Å². The molecule has 2 aromatic rings. The Hall–Kier alpha value is -1.96. The molecule has 2 nitrogen and oxygen atoms in total. The van der Waals surface area contributed by atoms with Crippen LogP contribution in [-0.2, 0) is 15.9 Å². The Balaban J connectivity index is 2.36. The molecule has 0 unspecified atom stereocenters. The topological polar surface area (TPSA) is 29.1 Å². The van der Waals surface area contributed by atoms with E-state index in [1.807, 2.05) is 18.2 Å². The predicted molar refractivity (Wildman–Crippen MR) is 95.1 cm³/mol. The molecule has 2 aromatic carbocycles. The lowest BCUT2D eigenvalue weighted by Gasteiger charge is -2.26. The molecule has 0 amide bonds. The van der Waals surface area contributed by atoms with Crippen LogP contribution < -0.4 is 4.74 Å². The van der Waals surface area contributed by atoms with Crippen molar-refractivity contribution in [2.45, 2.75) is 58.8 Å². The van der Waals surface area contributed by atoms with Crippen LogP contribution in [-0.4, -0.2) is 0 Å². The van der Waals surface area contributed by atoms with Gasteiger partial charge in [0.2, 0.25) is 0 Å². The van der Waals surface area contributed by atoms with Crippen molar-refractivity contribution in [2.75, 3.05) is 0 Å². The third-order valence-corrected chi connectivity index (χ3v) is 4.50. The van der Waals surface area contributed by atoms with Crippen LogP contribution in [0.25, 0.3) is 0 Å². The number of ether oxygens (including phenoxy) is 1. The third kappa shape index (κ3) is 3.87. The SMILES string of the molecule is CCC(C)(C)c1c([O])cccc1Oc1ccc(C(C)(C)C)cc1. The second kappa shape index (κ2) is 6.27. The first kappa shape index (κ1) is 17.4. The van der Waals surface area contributed by atoms with Crippen LogP contribution in [0.2, 0.25) is 0 Å². The maximum atomic E-state index is 12.3. The summed E-state index contributed by atoms with van der Waals surface area (Å²) in [5, 5.41) is 12.3. The predicted octanol–water partition coefficient (Wildman–Crippen LogP) is 6.61. The minimum atomic E-state index is -0.209. The van der Waals surface area contributed by atoms with Gasteiger partial charge in [-0.25, -0.2) is 0 Å². The number of hydrogen-bond donors (Lipinski definition) is 0. The molecule has 1 radical (unpaired) electrons. The van der Waals surface area contributed by atoms with Gasteiger partial charge in [0.15, 0.2) is 5.75 Å². The quantitative estimate of drug-likeness (QED) is 0.624. The van der Waals surface area contributed by atoms with E-state index >= 15 is 0 Å². The molecule has 0 aliphatic heterocycles. The minimum absolute atomic E-state index is 0.0423. The monoisotopic (exact) mass is 311 g/mol. The van der Waals surface area contributed by atoms with Crippen LogP contribution in [0.3, 0.4) is 0 Å². The molecule has 0 N–H and O–H groups in total. The molecule has 123 valence electrons. The second-order valence-electron chi connectivity index (χ2n) is 7.74. The standard InChI is InChI=1S/C21H27O2/c1-7-21(5,6)19-17(22)9-8-10-18(19)23-16-13-11-15(12-14-16)20(2,3)4/h8-14H,7H2,1-6H3. The average Bonchev–Trinajstić information content (AvgIpc) is 2.46. The molecular weight excluding hydrogens is 284 g/mol. The van der Waals surface area contributed by atoms with Gasteiger partial charge in [-0.15, -0.1) is 0 Å². The molecule has 0 saturated heterocycles. The van der Waals surface area contributed by atoms with E-state index in [0.29, 0.717) is 5.75 Å². The van der Waals surface area contributed by atoms with E-state index in [2.05, 4.69) is 53.7 Å². The van der Waals surface area contributed by atoms with Gasteiger partial charge < -0.3 is 4.74 Å². The summed E-state index contributed by atoms with van der Waals surface area (Å²) in [5.41, 5.74) is 1.92. The van der Waals surface area contributed by atoms with Crippen molar-refractivity contribution >= 4 is 0 Å². The van der Waals surface area contributed by atoms with Crippen molar-refractivity contribution in [3.8, 4) is 17.2 Å². The van der Waals surface area contributed by atoms with Crippen molar-refractivity contribution in [3.05, 3.63) is 53.6 Å². The van der Waals surface area contributed by atoms with Gasteiger partial charge in [-0.2, -0.15) is 0 Å². The summed E-state index contributed by atoms with van der Waals surface area (Å²) in [6.45, 7) is 12.8.